The SMILES string of the molecule is CNCc1cc(Br)cnc1N(C)C(C)C1CC1. The lowest BCUT2D eigenvalue weighted by atomic mass is 10.1. The van der Waals surface area contributed by atoms with Crippen molar-refractivity contribution >= 4 is 21.7 Å². The molecule has 0 aromatic carbocycles. The van der Waals surface area contributed by atoms with E-state index >= 15 is 0 Å². The molecule has 0 saturated heterocycles. The van der Waals surface area contributed by atoms with Crippen molar-refractivity contribution in [1.29, 1.82) is 0 Å². The molecule has 17 heavy (non-hydrogen) atoms. The van der Waals surface area contributed by atoms with E-state index in [1.165, 1.54) is 18.4 Å². The highest BCUT2D eigenvalue weighted by atomic mass is 79.9. The zero-order valence-corrected chi connectivity index (χ0v) is 12.3. The van der Waals surface area contributed by atoms with E-state index in [0.29, 0.717) is 6.04 Å². The Morgan fingerprint density at radius 1 is 1.59 bits per heavy atom. The predicted molar refractivity (Wildman–Crippen MR) is 75.3 cm³/mol. The maximum atomic E-state index is 4.57. The second-order valence-corrected chi connectivity index (χ2v) is 5.77. The maximum absolute atomic E-state index is 4.57. The summed E-state index contributed by atoms with van der Waals surface area (Å²) in [5, 5.41) is 3.20. The summed E-state index contributed by atoms with van der Waals surface area (Å²) in [5.41, 5.74) is 1.25. The number of hydrogen-bond acceptors (Lipinski definition) is 3. The average Bonchev–Trinajstić information content (AvgIpc) is 3.12. The summed E-state index contributed by atoms with van der Waals surface area (Å²) in [7, 11) is 4.12. The van der Waals surface area contributed by atoms with Crippen LogP contribution in [0.5, 0.6) is 0 Å². The molecule has 1 aliphatic rings. The summed E-state index contributed by atoms with van der Waals surface area (Å²) < 4.78 is 1.04. The molecular weight excluding hydrogens is 278 g/mol. The summed E-state index contributed by atoms with van der Waals surface area (Å²) in [4.78, 5) is 6.88. The Bertz CT molecular complexity index is 390. The highest BCUT2D eigenvalue weighted by Crippen LogP contribution is 2.36. The molecule has 1 saturated carbocycles. The number of nitrogens with one attached hydrogen (secondary N) is 1. The molecule has 1 atom stereocenters. The smallest absolute Gasteiger partial charge is 0.133 e. The van der Waals surface area contributed by atoms with Crippen molar-refractivity contribution in [2.75, 3.05) is 19.0 Å². The van der Waals surface area contributed by atoms with E-state index in [2.05, 4.69) is 51.2 Å². The summed E-state index contributed by atoms with van der Waals surface area (Å²) in [6, 6.07) is 2.73. The Kier molecular flexibility index (Phi) is 4.05. The molecule has 0 spiro atoms. The molecule has 1 unspecified atom stereocenters. The second-order valence-electron chi connectivity index (χ2n) is 4.86. The molecule has 1 fully saturated rings. The molecule has 0 aliphatic heterocycles. The van der Waals surface area contributed by atoms with Gasteiger partial charge in [-0.2, -0.15) is 0 Å². The third-order valence-electron chi connectivity index (χ3n) is 3.53. The standard InChI is InChI=1S/C13H20BrN3/c1-9(10-4-5-10)17(3)13-11(7-15-2)6-12(14)8-16-13/h6,8-10,15H,4-5,7H2,1-3H3. The first kappa shape index (κ1) is 12.8. The van der Waals surface area contributed by atoms with E-state index in [9.17, 15) is 0 Å². The number of pyridine rings is 1. The first-order valence-electron chi connectivity index (χ1n) is 6.15. The highest BCUT2D eigenvalue weighted by Gasteiger charge is 2.31. The molecule has 0 radical (unpaired) electrons. The Hall–Kier alpha value is -0.610. The Morgan fingerprint density at radius 3 is 2.88 bits per heavy atom. The molecular formula is C13H20BrN3. The van der Waals surface area contributed by atoms with Gasteiger partial charge in [0, 0.05) is 35.9 Å². The van der Waals surface area contributed by atoms with Gasteiger partial charge in [-0.05, 0) is 54.7 Å². The first-order chi connectivity index (χ1) is 8.13. The van der Waals surface area contributed by atoms with E-state index in [1.807, 2.05) is 13.2 Å². The van der Waals surface area contributed by atoms with Crippen LogP contribution in [-0.2, 0) is 6.54 Å². The molecule has 1 aromatic rings. The normalized spacial score (nSPS) is 16.9. The van der Waals surface area contributed by atoms with Crippen LogP contribution in [0.3, 0.4) is 0 Å². The van der Waals surface area contributed by atoms with Crippen molar-refractivity contribution in [1.82, 2.24) is 10.3 Å². The van der Waals surface area contributed by atoms with Gasteiger partial charge in [0.25, 0.3) is 0 Å². The van der Waals surface area contributed by atoms with E-state index in [0.717, 1.165) is 22.8 Å². The van der Waals surface area contributed by atoms with Crippen LogP contribution in [0.25, 0.3) is 0 Å². The van der Waals surface area contributed by atoms with Crippen LogP contribution in [0.1, 0.15) is 25.3 Å². The second kappa shape index (κ2) is 5.36. The van der Waals surface area contributed by atoms with Gasteiger partial charge >= 0.3 is 0 Å². The first-order valence-corrected chi connectivity index (χ1v) is 6.94. The Labute approximate surface area is 112 Å². The van der Waals surface area contributed by atoms with Crippen molar-refractivity contribution in [3.63, 3.8) is 0 Å². The van der Waals surface area contributed by atoms with Gasteiger partial charge in [0.15, 0.2) is 0 Å². The van der Waals surface area contributed by atoms with E-state index in [4.69, 9.17) is 0 Å². The topological polar surface area (TPSA) is 28.2 Å². The van der Waals surface area contributed by atoms with E-state index in [-0.39, 0.29) is 0 Å². The molecule has 94 valence electrons. The maximum Gasteiger partial charge on any atom is 0.133 e. The minimum atomic E-state index is 0.583. The van der Waals surface area contributed by atoms with Crippen LogP contribution < -0.4 is 10.2 Å². The third-order valence-corrected chi connectivity index (χ3v) is 3.96. The van der Waals surface area contributed by atoms with Gasteiger partial charge in [-0.3, -0.25) is 0 Å². The van der Waals surface area contributed by atoms with Crippen molar-refractivity contribution in [2.45, 2.75) is 32.4 Å². The minimum Gasteiger partial charge on any atom is -0.356 e. The predicted octanol–water partition coefficient (Wildman–Crippen LogP) is 2.80. The summed E-state index contributed by atoms with van der Waals surface area (Å²) in [6.07, 6.45) is 4.61. The Balaban J connectivity index is 2.22. The fourth-order valence-corrected chi connectivity index (χ4v) is 2.58. The van der Waals surface area contributed by atoms with Gasteiger partial charge in [0.2, 0.25) is 0 Å². The number of hydrogen-bond donors (Lipinski definition) is 1. The van der Waals surface area contributed by atoms with Gasteiger partial charge in [-0.15, -0.1) is 0 Å². The van der Waals surface area contributed by atoms with Crippen LogP contribution >= 0.6 is 15.9 Å². The number of rotatable bonds is 5. The lowest BCUT2D eigenvalue weighted by Crippen LogP contribution is -2.32. The zero-order valence-electron chi connectivity index (χ0n) is 10.7. The highest BCUT2D eigenvalue weighted by molar-refractivity contribution is 9.10. The van der Waals surface area contributed by atoms with Gasteiger partial charge in [-0.1, -0.05) is 0 Å². The summed E-state index contributed by atoms with van der Waals surface area (Å²) in [6.45, 7) is 3.15. The van der Waals surface area contributed by atoms with Crippen molar-refractivity contribution in [2.24, 2.45) is 5.92 Å². The molecule has 1 aliphatic carbocycles. The molecule has 3 nitrogen and oxygen atoms in total. The molecule has 4 heteroatoms. The minimum absolute atomic E-state index is 0.583. The van der Waals surface area contributed by atoms with Crippen LogP contribution in [0, 0.1) is 5.92 Å². The van der Waals surface area contributed by atoms with Crippen molar-refractivity contribution < 1.29 is 0 Å². The van der Waals surface area contributed by atoms with Gasteiger partial charge in [0.1, 0.15) is 5.82 Å². The van der Waals surface area contributed by atoms with Gasteiger partial charge in [-0.25, -0.2) is 4.98 Å². The molecule has 0 amide bonds. The number of anilines is 1. The van der Waals surface area contributed by atoms with Gasteiger partial charge in [0.05, 0.1) is 0 Å². The van der Waals surface area contributed by atoms with Crippen LogP contribution in [0.2, 0.25) is 0 Å². The molecule has 1 heterocycles. The molecule has 2 rings (SSSR count). The Morgan fingerprint density at radius 2 is 2.29 bits per heavy atom. The third kappa shape index (κ3) is 2.99. The largest absolute Gasteiger partial charge is 0.356 e. The molecule has 1 aromatic heterocycles. The van der Waals surface area contributed by atoms with Crippen molar-refractivity contribution in [3.8, 4) is 0 Å². The van der Waals surface area contributed by atoms with E-state index < -0.39 is 0 Å². The quantitative estimate of drug-likeness (QED) is 0.906. The average molecular weight is 298 g/mol. The monoisotopic (exact) mass is 297 g/mol. The zero-order chi connectivity index (χ0) is 12.4. The summed E-state index contributed by atoms with van der Waals surface area (Å²) in [5.74, 6) is 1.95. The van der Waals surface area contributed by atoms with Crippen molar-refractivity contribution in [3.05, 3.63) is 22.3 Å². The number of halogens is 1. The molecule has 0 bridgehead atoms. The van der Waals surface area contributed by atoms with Crippen LogP contribution in [-0.4, -0.2) is 25.1 Å². The number of nitrogens with zero attached hydrogens (tertiary/aromatic N) is 2. The van der Waals surface area contributed by atoms with Crippen LogP contribution in [0.4, 0.5) is 5.82 Å². The fourth-order valence-electron chi connectivity index (χ4n) is 2.20. The van der Waals surface area contributed by atoms with Gasteiger partial charge < -0.3 is 10.2 Å². The van der Waals surface area contributed by atoms with Crippen LogP contribution in [0.15, 0.2) is 16.7 Å². The van der Waals surface area contributed by atoms with E-state index in [1.54, 1.807) is 0 Å². The lowest BCUT2D eigenvalue weighted by molar-refractivity contribution is 0.600. The lowest BCUT2D eigenvalue weighted by Gasteiger charge is -2.28. The molecule has 1 N–H and O–H groups in total. The summed E-state index contributed by atoms with van der Waals surface area (Å²) >= 11 is 3.48. The fraction of sp³-hybridized carbons (Fsp3) is 0.615. The number of aromatic nitrogens is 1.